The van der Waals surface area contributed by atoms with Crippen molar-refractivity contribution in [2.45, 2.75) is 18.1 Å². The SMILES string of the molecule is O=C1c2c(Cl)cccc2[C@H]2[C@@H]1[C@H]1O[C@@H]2c2ccccc21. The summed E-state index contributed by atoms with van der Waals surface area (Å²) < 4.78 is 6.11. The van der Waals surface area contributed by atoms with Crippen LogP contribution in [-0.4, -0.2) is 5.78 Å². The van der Waals surface area contributed by atoms with Crippen molar-refractivity contribution in [3.05, 3.63) is 69.7 Å². The number of carbonyl (C=O) groups is 1. The van der Waals surface area contributed by atoms with Crippen molar-refractivity contribution in [1.29, 1.82) is 0 Å². The van der Waals surface area contributed by atoms with Gasteiger partial charge in [0.1, 0.15) is 0 Å². The minimum atomic E-state index is -0.0998. The van der Waals surface area contributed by atoms with E-state index in [1.807, 2.05) is 24.3 Å². The number of halogens is 1. The Hall–Kier alpha value is -1.64. The van der Waals surface area contributed by atoms with Crippen molar-refractivity contribution < 1.29 is 9.53 Å². The third kappa shape index (κ3) is 1.10. The van der Waals surface area contributed by atoms with Crippen molar-refractivity contribution in [2.24, 2.45) is 5.92 Å². The van der Waals surface area contributed by atoms with Crippen LogP contribution >= 0.6 is 11.6 Å². The van der Waals surface area contributed by atoms with Crippen molar-refractivity contribution in [3.63, 3.8) is 0 Å². The summed E-state index contributed by atoms with van der Waals surface area (Å²) >= 11 is 6.24. The molecule has 2 aliphatic heterocycles. The fourth-order valence-electron chi connectivity index (χ4n) is 4.17. The molecule has 98 valence electrons. The van der Waals surface area contributed by atoms with Crippen molar-refractivity contribution in [2.75, 3.05) is 0 Å². The zero-order valence-electron chi connectivity index (χ0n) is 10.5. The second kappa shape index (κ2) is 3.51. The topological polar surface area (TPSA) is 26.3 Å². The van der Waals surface area contributed by atoms with E-state index in [-0.39, 0.29) is 29.8 Å². The number of hydrogen-bond acceptors (Lipinski definition) is 2. The van der Waals surface area contributed by atoms with Gasteiger partial charge in [-0.25, -0.2) is 0 Å². The van der Waals surface area contributed by atoms with E-state index >= 15 is 0 Å². The van der Waals surface area contributed by atoms with Gasteiger partial charge in [0.05, 0.1) is 23.1 Å². The molecule has 4 atom stereocenters. The number of fused-ring (bicyclic) bond motifs is 10. The Bertz CT molecular complexity index is 767. The van der Waals surface area contributed by atoms with E-state index in [0.717, 1.165) is 11.1 Å². The normalized spacial score (nSPS) is 32.1. The summed E-state index contributed by atoms with van der Waals surface area (Å²) in [7, 11) is 0. The zero-order chi connectivity index (χ0) is 13.4. The minimum absolute atomic E-state index is 0.00451. The molecular weight excluding hydrogens is 272 g/mol. The predicted octanol–water partition coefficient (Wildman–Crippen LogP) is 4.06. The highest BCUT2D eigenvalue weighted by atomic mass is 35.5. The van der Waals surface area contributed by atoms with Crippen molar-refractivity contribution >= 4 is 17.4 Å². The van der Waals surface area contributed by atoms with Crippen LogP contribution in [0.2, 0.25) is 5.02 Å². The first kappa shape index (κ1) is 11.1. The van der Waals surface area contributed by atoms with Crippen LogP contribution in [0.3, 0.4) is 0 Å². The van der Waals surface area contributed by atoms with Crippen molar-refractivity contribution in [1.82, 2.24) is 0 Å². The highest BCUT2D eigenvalue weighted by Gasteiger charge is 2.59. The van der Waals surface area contributed by atoms with E-state index < -0.39 is 0 Å². The summed E-state index contributed by atoms with van der Waals surface area (Å²) in [5.41, 5.74) is 4.19. The lowest BCUT2D eigenvalue weighted by atomic mass is 9.76. The molecule has 20 heavy (non-hydrogen) atoms. The van der Waals surface area contributed by atoms with Gasteiger partial charge in [-0.1, -0.05) is 48.0 Å². The van der Waals surface area contributed by atoms with Gasteiger partial charge in [-0.15, -0.1) is 0 Å². The van der Waals surface area contributed by atoms with Crippen LogP contribution in [0.25, 0.3) is 0 Å². The maximum Gasteiger partial charge on any atom is 0.171 e. The third-order valence-corrected chi connectivity index (χ3v) is 5.21. The Morgan fingerprint density at radius 2 is 1.50 bits per heavy atom. The average molecular weight is 283 g/mol. The Balaban J connectivity index is 1.77. The molecular formula is C17H11ClO2. The van der Waals surface area contributed by atoms with Crippen molar-refractivity contribution in [3.8, 4) is 0 Å². The van der Waals surface area contributed by atoms with Gasteiger partial charge in [0.15, 0.2) is 5.78 Å². The van der Waals surface area contributed by atoms with Gasteiger partial charge in [-0.05, 0) is 22.8 Å². The molecule has 0 spiro atoms. The number of ether oxygens (including phenoxy) is 1. The molecule has 1 saturated heterocycles. The predicted molar refractivity (Wildman–Crippen MR) is 75.0 cm³/mol. The van der Waals surface area contributed by atoms with Gasteiger partial charge in [-0.3, -0.25) is 4.79 Å². The van der Waals surface area contributed by atoms with E-state index in [1.54, 1.807) is 6.07 Å². The number of Topliss-reactive ketones (excluding diaryl/α,β-unsaturated/α-hetero) is 1. The molecule has 0 N–H and O–H groups in total. The van der Waals surface area contributed by atoms with Gasteiger partial charge < -0.3 is 4.74 Å². The Kier molecular flexibility index (Phi) is 1.94. The molecule has 3 aliphatic rings. The van der Waals surface area contributed by atoms with Gasteiger partial charge in [0, 0.05) is 11.5 Å². The smallest absolute Gasteiger partial charge is 0.171 e. The first-order valence-corrected chi connectivity index (χ1v) is 7.22. The van der Waals surface area contributed by atoms with E-state index in [4.69, 9.17) is 16.3 Å². The summed E-state index contributed by atoms with van der Waals surface area (Å²) in [6, 6.07) is 14.0. The number of benzene rings is 2. The highest BCUT2D eigenvalue weighted by Crippen LogP contribution is 2.65. The van der Waals surface area contributed by atoms with Crippen LogP contribution in [0.1, 0.15) is 45.2 Å². The summed E-state index contributed by atoms with van der Waals surface area (Å²) in [4.78, 5) is 12.7. The zero-order valence-corrected chi connectivity index (χ0v) is 11.3. The van der Waals surface area contributed by atoms with E-state index in [9.17, 15) is 4.79 Å². The largest absolute Gasteiger partial charge is 0.364 e. The number of rotatable bonds is 0. The first-order valence-electron chi connectivity index (χ1n) is 6.84. The molecule has 0 aromatic heterocycles. The first-order chi connectivity index (χ1) is 9.77. The lowest BCUT2D eigenvalue weighted by Gasteiger charge is -2.22. The van der Waals surface area contributed by atoms with E-state index in [1.165, 1.54) is 11.1 Å². The Labute approximate surface area is 121 Å². The van der Waals surface area contributed by atoms with Gasteiger partial charge >= 0.3 is 0 Å². The lowest BCUT2D eigenvalue weighted by Crippen LogP contribution is -2.20. The summed E-state index contributed by atoms with van der Waals surface area (Å²) in [6.45, 7) is 0. The summed E-state index contributed by atoms with van der Waals surface area (Å²) in [5.74, 6) is 0.193. The molecule has 3 heteroatoms. The molecule has 2 nitrogen and oxygen atoms in total. The van der Waals surface area contributed by atoms with Crippen LogP contribution in [0, 0.1) is 5.92 Å². The molecule has 2 aromatic carbocycles. The molecule has 1 aliphatic carbocycles. The van der Waals surface area contributed by atoms with Crippen LogP contribution in [0.4, 0.5) is 0 Å². The number of carbonyl (C=O) groups excluding carboxylic acids is 1. The fourth-order valence-corrected chi connectivity index (χ4v) is 4.44. The number of hydrogen-bond donors (Lipinski definition) is 0. The molecule has 2 bridgehead atoms. The molecule has 0 amide bonds. The molecule has 0 unspecified atom stereocenters. The maximum absolute atomic E-state index is 12.7. The molecule has 0 radical (unpaired) electrons. The molecule has 2 heterocycles. The van der Waals surface area contributed by atoms with Gasteiger partial charge in [0.25, 0.3) is 0 Å². The summed E-state index contributed by atoms with van der Waals surface area (Å²) in [6.07, 6.45) is -0.0953. The second-order valence-corrected chi connectivity index (χ2v) is 6.13. The van der Waals surface area contributed by atoms with Gasteiger partial charge in [-0.2, -0.15) is 0 Å². The Morgan fingerprint density at radius 1 is 0.850 bits per heavy atom. The Morgan fingerprint density at radius 3 is 2.25 bits per heavy atom. The maximum atomic E-state index is 12.7. The van der Waals surface area contributed by atoms with Crippen LogP contribution < -0.4 is 0 Å². The molecule has 5 rings (SSSR count). The lowest BCUT2D eigenvalue weighted by molar-refractivity contribution is 0.0526. The standard InChI is InChI=1S/C17H11ClO2/c18-11-7-3-6-10-12(11)15(19)14-13(10)16-8-4-1-2-5-9(8)17(14)20-16/h1-7,13-14,16-17H/t13-,14-,16+,17-/m0/s1. The van der Waals surface area contributed by atoms with E-state index in [0.29, 0.717) is 5.02 Å². The van der Waals surface area contributed by atoms with Crippen LogP contribution in [-0.2, 0) is 4.74 Å². The fraction of sp³-hybridized carbons (Fsp3) is 0.235. The van der Waals surface area contributed by atoms with Crippen LogP contribution in [0.5, 0.6) is 0 Å². The summed E-state index contributed by atoms with van der Waals surface area (Å²) in [5, 5.41) is 0.574. The molecule has 0 saturated carbocycles. The second-order valence-electron chi connectivity index (χ2n) is 5.73. The molecule has 2 aromatic rings. The van der Waals surface area contributed by atoms with Crippen LogP contribution in [0.15, 0.2) is 42.5 Å². The van der Waals surface area contributed by atoms with Gasteiger partial charge in [0.2, 0.25) is 0 Å². The monoisotopic (exact) mass is 282 g/mol. The van der Waals surface area contributed by atoms with E-state index in [2.05, 4.69) is 12.1 Å². The minimum Gasteiger partial charge on any atom is -0.364 e. The highest BCUT2D eigenvalue weighted by molar-refractivity contribution is 6.34. The third-order valence-electron chi connectivity index (χ3n) is 4.90. The molecule has 1 fully saturated rings. The number of ketones is 1. The quantitative estimate of drug-likeness (QED) is 0.728. The average Bonchev–Trinajstić information content (AvgIpc) is 3.10.